The Morgan fingerprint density at radius 3 is 2.89 bits per heavy atom. The molecule has 0 radical (unpaired) electrons. The number of rotatable bonds is 3. The van der Waals surface area contributed by atoms with Crippen LogP contribution in [0, 0.1) is 6.92 Å². The van der Waals surface area contributed by atoms with E-state index in [-0.39, 0.29) is 5.91 Å². The van der Waals surface area contributed by atoms with Gasteiger partial charge in [0.15, 0.2) is 0 Å². The van der Waals surface area contributed by atoms with Gasteiger partial charge in [0, 0.05) is 15.0 Å². The van der Waals surface area contributed by atoms with Gasteiger partial charge >= 0.3 is 0 Å². The molecule has 2 heterocycles. The first-order valence-corrected chi connectivity index (χ1v) is 7.24. The summed E-state index contributed by atoms with van der Waals surface area (Å²) in [5, 5.41) is 2.80. The molecule has 2 aromatic heterocycles. The molecule has 1 amide bonds. The number of carbonyl (C=O) groups excluding carboxylic acids is 1. The minimum Gasteiger partial charge on any atom is -0.306 e. The maximum Gasteiger partial charge on any atom is 0.266 e. The molecule has 5 heteroatoms. The molecule has 3 nitrogen and oxygen atoms in total. The van der Waals surface area contributed by atoms with Crippen molar-refractivity contribution in [3.05, 3.63) is 44.2 Å². The van der Waals surface area contributed by atoms with Crippen molar-refractivity contribution in [1.82, 2.24) is 4.98 Å². The van der Waals surface area contributed by atoms with Crippen LogP contribution in [-0.2, 0) is 6.42 Å². The van der Waals surface area contributed by atoms with E-state index < -0.39 is 0 Å². The molecule has 0 aliphatic rings. The smallest absolute Gasteiger partial charge is 0.266 e. The molecule has 0 fully saturated rings. The number of amides is 1. The summed E-state index contributed by atoms with van der Waals surface area (Å²) in [6, 6.07) is 7.41. The Balaban J connectivity index is 2.16. The number of aromatic nitrogens is 1. The number of nitrogens with zero attached hydrogens (tertiary/aromatic N) is 1. The second-order valence-corrected chi connectivity index (χ2v) is 5.84. The van der Waals surface area contributed by atoms with Gasteiger partial charge in [0.05, 0.1) is 4.88 Å². The van der Waals surface area contributed by atoms with E-state index in [0.29, 0.717) is 10.7 Å². The number of pyridine rings is 1. The van der Waals surface area contributed by atoms with E-state index in [2.05, 4.69) is 33.2 Å². The van der Waals surface area contributed by atoms with Crippen molar-refractivity contribution >= 4 is 39.0 Å². The van der Waals surface area contributed by atoms with Gasteiger partial charge in [-0.05, 0) is 47.5 Å². The van der Waals surface area contributed by atoms with Gasteiger partial charge in [-0.25, -0.2) is 4.98 Å². The van der Waals surface area contributed by atoms with Crippen LogP contribution in [0.1, 0.15) is 27.2 Å². The lowest BCUT2D eigenvalue weighted by molar-refractivity contribution is 0.103. The first-order chi connectivity index (χ1) is 8.60. The SMILES string of the molecule is CCc1sc(C(=O)Nc2cccc(C)n2)cc1Br. The predicted molar refractivity (Wildman–Crippen MR) is 78.3 cm³/mol. The van der Waals surface area contributed by atoms with E-state index in [1.165, 1.54) is 16.2 Å². The van der Waals surface area contributed by atoms with E-state index in [1.807, 2.05) is 25.1 Å². The molecule has 0 saturated heterocycles. The average molecular weight is 325 g/mol. The van der Waals surface area contributed by atoms with Gasteiger partial charge in [-0.1, -0.05) is 13.0 Å². The lowest BCUT2D eigenvalue weighted by Gasteiger charge is -2.02. The lowest BCUT2D eigenvalue weighted by atomic mass is 10.3. The van der Waals surface area contributed by atoms with Gasteiger partial charge in [-0.3, -0.25) is 4.79 Å². The molecule has 94 valence electrons. The maximum atomic E-state index is 12.0. The minimum atomic E-state index is -0.112. The third kappa shape index (κ3) is 2.97. The zero-order chi connectivity index (χ0) is 13.1. The first kappa shape index (κ1) is 13.2. The van der Waals surface area contributed by atoms with Gasteiger partial charge in [-0.15, -0.1) is 11.3 Å². The first-order valence-electron chi connectivity index (χ1n) is 5.63. The number of anilines is 1. The molecule has 0 aliphatic carbocycles. The van der Waals surface area contributed by atoms with Crippen LogP contribution in [0.4, 0.5) is 5.82 Å². The molecule has 0 aliphatic heterocycles. The number of nitrogens with one attached hydrogen (secondary N) is 1. The number of carbonyl (C=O) groups is 1. The molecule has 2 aromatic rings. The van der Waals surface area contributed by atoms with Crippen molar-refractivity contribution in [2.45, 2.75) is 20.3 Å². The quantitative estimate of drug-likeness (QED) is 0.926. The molecule has 0 saturated carbocycles. The standard InChI is InChI=1S/C13H13BrN2OS/c1-3-10-9(14)7-11(18-10)13(17)16-12-6-4-5-8(2)15-12/h4-7H,3H2,1-2H3,(H,15,16,17). The Morgan fingerprint density at radius 1 is 1.50 bits per heavy atom. The number of aryl methyl sites for hydroxylation is 2. The van der Waals surface area contributed by atoms with Crippen molar-refractivity contribution in [1.29, 1.82) is 0 Å². The minimum absolute atomic E-state index is 0.112. The Bertz CT molecular complexity index is 580. The van der Waals surface area contributed by atoms with Gasteiger partial charge in [0.1, 0.15) is 5.82 Å². The third-order valence-corrected chi connectivity index (χ3v) is 4.68. The Morgan fingerprint density at radius 2 is 2.28 bits per heavy atom. The Labute approximate surface area is 118 Å². The Hall–Kier alpha value is -1.20. The normalized spacial score (nSPS) is 10.4. The maximum absolute atomic E-state index is 12.0. The van der Waals surface area contributed by atoms with Crippen LogP contribution >= 0.6 is 27.3 Å². The molecule has 0 atom stereocenters. The van der Waals surface area contributed by atoms with E-state index in [9.17, 15) is 4.79 Å². The van der Waals surface area contributed by atoms with E-state index in [4.69, 9.17) is 0 Å². The highest BCUT2D eigenvalue weighted by molar-refractivity contribution is 9.10. The van der Waals surface area contributed by atoms with Crippen molar-refractivity contribution in [2.75, 3.05) is 5.32 Å². The lowest BCUT2D eigenvalue weighted by Crippen LogP contribution is -2.11. The molecular formula is C13H13BrN2OS. The summed E-state index contributed by atoms with van der Waals surface area (Å²) in [5.74, 6) is 0.473. The highest BCUT2D eigenvalue weighted by atomic mass is 79.9. The molecule has 0 bridgehead atoms. The van der Waals surface area contributed by atoms with Gasteiger partial charge in [0.2, 0.25) is 0 Å². The van der Waals surface area contributed by atoms with E-state index in [1.54, 1.807) is 6.07 Å². The van der Waals surface area contributed by atoms with E-state index in [0.717, 1.165) is 16.6 Å². The van der Waals surface area contributed by atoms with Crippen molar-refractivity contribution < 1.29 is 4.79 Å². The highest BCUT2D eigenvalue weighted by Crippen LogP contribution is 2.28. The summed E-state index contributed by atoms with van der Waals surface area (Å²) < 4.78 is 0.998. The summed E-state index contributed by atoms with van der Waals surface area (Å²) in [4.78, 5) is 18.2. The van der Waals surface area contributed by atoms with Crippen LogP contribution in [0.2, 0.25) is 0 Å². The van der Waals surface area contributed by atoms with Crippen molar-refractivity contribution in [3.63, 3.8) is 0 Å². The second-order valence-electron chi connectivity index (χ2n) is 3.85. The van der Waals surface area contributed by atoms with Gasteiger partial charge in [0.25, 0.3) is 5.91 Å². The Kier molecular flexibility index (Phi) is 4.14. The van der Waals surface area contributed by atoms with Crippen molar-refractivity contribution in [3.8, 4) is 0 Å². The third-order valence-electron chi connectivity index (χ3n) is 2.43. The molecule has 0 spiro atoms. The zero-order valence-corrected chi connectivity index (χ0v) is 12.6. The predicted octanol–water partition coefficient (Wildman–Crippen LogP) is 4.03. The molecule has 2 rings (SSSR count). The van der Waals surface area contributed by atoms with Gasteiger partial charge < -0.3 is 5.32 Å². The number of thiophene rings is 1. The zero-order valence-electron chi connectivity index (χ0n) is 10.2. The fraction of sp³-hybridized carbons (Fsp3) is 0.231. The molecule has 0 aromatic carbocycles. The fourth-order valence-corrected chi connectivity index (χ4v) is 3.34. The van der Waals surface area contributed by atoms with Crippen molar-refractivity contribution in [2.24, 2.45) is 0 Å². The summed E-state index contributed by atoms with van der Waals surface area (Å²) in [7, 11) is 0. The average Bonchev–Trinajstić information content (AvgIpc) is 2.70. The van der Waals surface area contributed by atoms with Crippen LogP contribution in [0.25, 0.3) is 0 Å². The van der Waals surface area contributed by atoms with Crippen LogP contribution in [0.5, 0.6) is 0 Å². The summed E-state index contributed by atoms with van der Waals surface area (Å²) in [5.41, 5.74) is 0.884. The summed E-state index contributed by atoms with van der Waals surface area (Å²) in [6.45, 7) is 3.97. The summed E-state index contributed by atoms with van der Waals surface area (Å²) >= 11 is 4.96. The van der Waals surface area contributed by atoms with Crippen LogP contribution < -0.4 is 5.32 Å². The largest absolute Gasteiger partial charge is 0.306 e. The second kappa shape index (κ2) is 5.63. The number of hydrogen-bond acceptors (Lipinski definition) is 3. The highest BCUT2D eigenvalue weighted by Gasteiger charge is 2.12. The van der Waals surface area contributed by atoms with Crippen LogP contribution in [-0.4, -0.2) is 10.9 Å². The van der Waals surface area contributed by atoms with E-state index >= 15 is 0 Å². The molecule has 0 unspecified atom stereocenters. The number of halogens is 1. The molecule has 1 N–H and O–H groups in total. The van der Waals surface area contributed by atoms with Gasteiger partial charge in [-0.2, -0.15) is 0 Å². The monoisotopic (exact) mass is 324 g/mol. The fourth-order valence-electron chi connectivity index (χ4n) is 1.55. The molecular weight excluding hydrogens is 312 g/mol. The van der Waals surface area contributed by atoms with Crippen LogP contribution in [0.15, 0.2) is 28.7 Å². The molecule has 18 heavy (non-hydrogen) atoms. The topological polar surface area (TPSA) is 42.0 Å². The summed E-state index contributed by atoms with van der Waals surface area (Å²) in [6.07, 6.45) is 0.918. The van der Waals surface area contributed by atoms with Crippen LogP contribution in [0.3, 0.4) is 0 Å². The number of hydrogen-bond donors (Lipinski definition) is 1.